The zero-order valence-electron chi connectivity index (χ0n) is 7.71. The van der Waals surface area contributed by atoms with E-state index in [-0.39, 0.29) is 0 Å². The molecule has 4 heteroatoms. The number of rotatable bonds is 2. The van der Waals surface area contributed by atoms with Crippen LogP contribution in [0.2, 0.25) is 0 Å². The summed E-state index contributed by atoms with van der Waals surface area (Å²) in [7, 11) is 1.66. The van der Waals surface area contributed by atoms with Gasteiger partial charge in [-0.05, 0) is 0 Å². The van der Waals surface area contributed by atoms with E-state index in [0.717, 1.165) is 25.3 Å². The van der Waals surface area contributed by atoms with Gasteiger partial charge in [0, 0.05) is 44.1 Å². The molecule has 0 bridgehead atoms. The smallest absolute Gasteiger partial charge is 0.154 e. The minimum atomic E-state index is 0.501. The highest BCUT2D eigenvalue weighted by molar-refractivity contribution is 5.20. The lowest BCUT2D eigenvalue weighted by Gasteiger charge is -2.15. The van der Waals surface area contributed by atoms with Crippen molar-refractivity contribution in [2.45, 2.75) is 19.6 Å². The van der Waals surface area contributed by atoms with Gasteiger partial charge in [-0.2, -0.15) is 0 Å². The molecule has 0 unspecified atom stereocenters. The van der Waals surface area contributed by atoms with Crippen LogP contribution < -0.4 is 5.32 Å². The van der Waals surface area contributed by atoms with Crippen LogP contribution in [0.3, 0.4) is 0 Å². The average molecular weight is 179 g/mol. The van der Waals surface area contributed by atoms with Gasteiger partial charge >= 0.3 is 0 Å². The number of hydrogen-bond donors (Lipinski definition) is 1. The van der Waals surface area contributed by atoms with E-state index >= 15 is 0 Å². The van der Waals surface area contributed by atoms with Crippen molar-refractivity contribution in [3.63, 3.8) is 0 Å². The minimum absolute atomic E-state index is 0.501. The molecule has 13 heavy (non-hydrogen) atoms. The fourth-order valence-corrected chi connectivity index (χ4v) is 1.48. The number of nitrogens with zero attached hydrogens (tertiary/aromatic N) is 2. The molecule has 2 rings (SSSR count). The molecule has 70 valence electrons. The molecule has 1 aromatic rings. The third-order valence-electron chi connectivity index (χ3n) is 2.13. The molecule has 0 aromatic carbocycles. The Morgan fingerprint density at radius 1 is 1.62 bits per heavy atom. The lowest BCUT2D eigenvalue weighted by Crippen LogP contribution is -2.25. The molecule has 0 amide bonds. The van der Waals surface area contributed by atoms with Gasteiger partial charge in [-0.15, -0.1) is 0 Å². The first kappa shape index (κ1) is 8.59. The first-order valence-corrected chi connectivity index (χ1v) is 4.43. The molecule has 0 spiro atoms. The minimum Gasteiger partial charge on any atom is -0.377 e. The second kappa shape index (κ2) is 3.81. The summed E-state index contributed by atoms with van der Waals surface area (Å²) < 4.78 is 4.98. The highest BCUT2D eigenvalue weighted by Gasteiger charge is 2.10. The second-order valence-electron chi connectivity index (χ2n) is 3.12. The normalized spacial score (nSPS) is 15.5. The first-order chi connectivity index (χ1) is 6.40. The Morgan fingerprint density at radius 3 is 3.38 bits per heavy atom. The van der Waals surface area contributed by atoms with E-state index in [9.17, 15) is 0 Å². The fourth-order valence-electron chi connectivity index (χ4n) is 1.48. The van der Waals surface area contributed by atoms with Crippen LogP contribution in [0.5, 0.6) is 0 Å². The van der Waals surface area contributed by atoms with Crippen LogP contribution in [0.15, 0.2) is 6.20 Å². The van der Waals surface area contributed by atoms with Crippen molar-refractivity contribution < 1.29 is 4.74 Å². The Morgan fingerprint density at radius 2 is 2.54 bits per heavy atom. The Hall–Kier alpha value is -1.00. The quantitative estimate of drug-likeness (QED) is 0.708. The molecule has 1 aliphatic heterocycles. The number of ether oxygens (including phenoxy) is 1. The monoisotopic (exact) mass is 179 g/mol. The maximum absolute atomic E-state index is 4.98. The van der Waals surface area contributed by atoms with Gasteiger partial charge in [0.05, 0.1) is 0 Å². The standard InChI is InChI=1S/C9H13N3O/c1-13-6-9-11-5-7-4-10-3-2-8(7)12-9/h5,10H,2-4,6H2,1H3. The van der Waals surface area contributed by atoms with Crippen molar-refractivity contribution in [2.75, 3.05) is 13.7 Å². The molecule has 4 nitrogen and oxygen atoms in total. The van der Waals surface area contributed by atoms with E-state index in [1.165, 1.54) is 11.3 Å². The van der Waals surface area contributed by atoms with Gasteiger partial charge in [0.25, 0.3) is 0 Å². The van der Waals surface area contributed by atoms with E-state index in [2.05, 4.69) is 15.3 Å². The molecule has 0 saturated heterocycles. The predicted octanol–water partition coefficient (Wildman–Crippen LogP) is 0.269. The van der Waals surface area contributed by atoms with Crippen LogP contribution in [0.4, 0.5) is 0 Å². The third kappa shape index (κ3) is 1.84. The Balaban J connectivity index is 2.24. The number of fused-ring (bicyclic) bond motifs is 1. The van der Waals surface area contributed by atoms with Crippen LogP contribution in [0, 0.1) is 0 Å². The highest BCUT2D eigenvalue weighted by atomic mass is 16.5. The lowest BCUT2D eigenvalue weighted by atomic mass is 10.1. The summed E-state index contributed by atoms with van der Waals surface area (Å²) in [6, 6.07) is 0. The maximum atomic E-state index is 4.98. The molecule has 1 aliphatic rings. The van der Waals surface area contributed by atoms with Gasteiger partial charge in [-0.3, -0.25) is 0 Å². The summed E-state index contributed by atoms with van der Waals surface area (Å²) in [5.41, 5.74) is 2.38. The predicted molar refractivity (Wildman–Crippen MR) is 48.2 cm³/mol. The third-order valence-corrected chi connectivity index (χ3v) is 2.13. The van der Waals surface area contributed by atoms with Crippen molar-refractivity contribution >= 4 is 0 Å². The zero-order chi connectivity index (χ0) is 9.10. The van der Waals surface area contributed by atoms with Gasteiger partial charge in [0.2, 0.25) is 0 Å². The molecule has 1 aromatic heterocycles. The average Bonchev–Trinajstić information content (AvgIpc) is 2.18. The van der Waals surface area contributed by atoms with Gasteiger partial charge in [-0.25, -0.2) is 9.97 Å². The van der Waals surface area contributed by atoms with Gasteiger partial charge in [0.15, 0.2) is 5.82 Å². The van der Waals surface area contributed by atoms with Crippen LogP contribution in [-0.4, -0.2) is 23.6 Å². The highest BCUT2D eigenvalue weighted by Crippen LogP contribution is 2.09. The van der Waals surface area contributed by atoms with Gasteiger partial charge < -0.3 is 10.1 Å². The van der Waals surface area contributed by atoms with Gasteiger partial charge in [-0.1, -0.05) is 0 Å². The number of aromatic nitrogens is 2. The molecule has 0 aliphatic carbocycles. The van der Waals surface area contributed by atoms with E-state index < -0.39 is 0 Å². The molecular formula is C9H13N3O. The number of methoxy groups -OCH3 is 1. The van der Waals surface area contributed by atoms with Crippen molar-refractivity contribution in [2.24, 2.45) is 0 Å². The van der Waals surface area contributed by atoms with E-state index in [4.69, 9.17) is 4.74 Å². The largest absolute Gasteiger partial charge is 0.377 e. The molecule has 2 heterocycles. The molecule has 1 N–H and O–H groups in total. The molecule has 0 fully saturated rings. The summed E-state index contributed by atoms with van der Waals surface area (Å²) in [6.07, 6.45) is 2.89. The Bertz CT molecular complexity index is 301. The number of hydrogen-bond acceptors (Lipinski definition) is 4. The van der Waals surface area contributed by atoms with Crippen LogP contribution in [0.1, 0.15) is 17.1 Å². The van der Waals surface area contributed by atoms with E-state index in [0.29, 0.717) is 6.61 Å². The first-order valence-electron chi connectivity index (χ1n) is 4.43. The molecule has 0 saturated carbocycles. The Kier molecular flexibility index (Phi) is 2.52. The Labute approximate surface area is 77.4 Å². The zero-order valence-corrected chi connectivity index (χ0v) is 7.71. The van der Waals surface area contributed by atoms with E-state index in [1.54, 1.807) is 7.11 Å². The maximum Gasteiger partial charge on any atom is 0.154 e. The van der Waals surface area contributed by atoms with E-state index in [1.807, 2.05) is 6.20 Å². The topological polar surface area (TPSA) is 47.0 Å². The van der Waals surface area contributed by atoms with Gasteiger partial charge in [0.1, 0.15) is 6.61 Å². The second-order valence-corrected chi connectivity index (χ2v) is 3.12. The molecule has 0 radical (unpaired) electrons. The van der Waals surface area contributed by atoms with Crippen molar-refractivity contribution in [1.82, 2.24) is 15.3 Å². The SMILES string of the molecule is COCc1ncc2c(n1)CCNC2. The van der Waals surface area contributed by atoms with Crippen LogP contribution in [-0.2, 0) is 24.3 Å². The summed E-state index contributed by atoms with van der Waals surface area (Å²) in [6.45, 7) is 2.40. The lowest BCUT2D eigenvalue weighted by molar-refractivity contribution is 0.177. The fraction of sp³-hybridized carbons (Fsp3) is 0.556. The van der Waals surface area contributed by atoms with Crippen molar-refractivity contribution in [3.8, 4) is 0 Å². The molecular weight excluding hydrogens is 166 g/mol. The van der Waals surface area contributed by atoms with Crippen LogP contribution in [0.25, 0.3) is 0 Å². The van der Waals surface area contributed by atoms with Crippen LogP contribution >= 0.6 is 0 Å². The summed E-state index contributed by atoms with van der Waals surface area (Å²) >= 11 is 0. The van der Waals surface area contributed by atoms with Crippen molar-refractivity contribution in [3.05, 3.63) is 23.3 Å². The number of nitrogens with one attached hydrogen (secondary N) is 1. The molecule has 0 atom stereocenters. The summed E-state index contributed by atoms with van der Waals surface area (Å²) in [5.74, 6) is 0.781. The summed E-state index contributed by atoms with van der Waals surface area (Å²) in [5, 5.41) is 3.28. The summed E-state index contributed by atoms with van der Waals surface area (Å²) in [4.78, 5) is 8.63. The van der Waals surface area contributed by atoms with Crippen molar-refractivity contribution in [1.29, 1.82) is 0 Å².